The highest BCUT2D eigenvalue weighted by Crippen LogP contribution is 2.27. The van der Waals surface area contributed by atoms with Crippen LogP contribution < -0.4 is 5.32 Å². The molecule has 2 amide bonds. The maximum atomic E-state index is 12.5. The first-order chi connectivity index (χ1) is 12.3. The van der Waals surface area contributed by atoms with Crippen LogP contribution in [0.3, 0.4) is 0 Å². The highest BCUT2D eigenvalue weighted by atomic mass is 32.2. The second-order valence-electron chi connectivity index (χ2n) is 5.32. The Morgan fingerprint density at radius 2 is 1.73 bits per heavy atom. The fourth-order valence-corrected chi connectivity index (χ4v) is 2.83. The summed E-state index contributed by atoms with van der Waals surface area (Å²) in [6.07, 6.45) is 1.58. The number of hydrogen-bond acceptors (Lipinski definition) is 2. The number of nitrogens with one attached hydrogen (secondary N) is 1. The van der Waals surface area contributed by atoms with Gasteiger partial charge in [-0.2, -0.15) is 13.2 Å². The van der Waals surface area contributed by atoms with Crippen LogP contribution in [0.2, 0.25) is 0 Å². The summed E-state index contributed by atoms with van der Waals surface area (Å²) in [5.74, 6) is 0. The molecule has 0 saturated carbocycles. The summed E-state index contributed by atoms with van der Waals surface area (Å²) < 4.78 is 48.6. The molecule has 0 saturated heterocycles. The molecule has 0 bridgehead atoms. The Balaban J connectivity index is 2.06. The SMILES string of the molecule is C=CCN(Cc1ccccc1)C(=O)Nc1ccc(S(=O)C(F)(F)F)cc1. The largest absolute Gasteiger partial charge is 0.475 e. The lowest BCUT2D eigenvalue weighted by Crippen LogP contribution is -2.34. The van der Waals surface area contributed by atoms with E-state index in [9.17, 15) is 22.2 Å². The second kappa shape index (κ2) is 8.66. The zero-order valence-corrected chi connectivity index (χ0v) is 14.5. The van der Waals surface area contributed by atoms with Gasteiger partial charge in [-0.3, -0.25) is 0 Å². The number of hydrogen-bond donors (Lipinski definition) is 1. The summed E-state index contributed by atoms with van der Waals surface area (Å²) in [6, 6.07) is 13.7. The second-order valence-corrected chi connectivity index (χ2v) is 6.80. The average Bonchev–Trinajstić information content (AvgIpc) is 2.61. The molecule has 1 atom stereocenters. The molecule has 26 heavy (non-hydrogen) atoms. The standard InChI is InChI=1S/C18H17F3N2O2S/c1-2-12-23(13-14-6-4-3-5-7-14)17(24)22-15-8-10-16(11-9-15)26(25)18(19,20)21/h2-11H,1,12-13H2,(H,22,24). The number of urea groups is 1. The third-order valence-corrected chi connectivity index (χ3v) is 4.50. The van der Waals surface area contributed by atoms with E-state index in [2.05, 4.69) is 11.9 Å². The lowest BCUT2D eigenvalue weighted by Gasteiger charge is -2.22. The van der Waals surface area contributed by atoms with Crippen molar-refractivity contribution in [1.29, 1.82) is 0 Å². The lowest BCUT2D eigenvalue weighted by molar-refractivity contribution is -0.0384. The fraction of sp³-hybridized carbons (Fsp3) is 0.167. The monoisotopic (exact) mass is 382 g/mol. The summed E-state index contributed by atoms with van der Waals surface area (Å²) >= 11 is 0. The topological polar surface area (TPSA) is 49.4 Å². The van der Waals surface area contributed by atoms with Crippen molar-refractivity contribution >= 4 is 22.5 Å². The van der Waals surface area contributed by atoms with E-state index in [1.165, 1.54) is 17.0 Å². The smallest absolute Gasteiger partial charge is 0.316 e. The molecule has 1 N–H and O–H groups in total. The van der Waals surface area contributed by atoms with Crippen LogP contribution in [-0.4, -0.2) is 27.2 Å². The van der Waals surface area contributed by atoms with E-state index in [1.807, 2.05) is 30.3 Å². The van der Waals surface area contributed by atoms with Crippen LogP contribution in [0, 0.1) is 0 Å². The minimum atomic E-state index is -4.82. The van der Waals surface area contributed by atoms with Crippen LogP contribution in [0.5, 0.6) is 0 Å². The number of carbonyl (C=O) groups is 1. The Labute approximate surface area is 151 Å². The lowest BCUT2D eigenvalue weighted by atomic mass is 10.2. The van der Waals surface area contributed by atoms with E-state index in [0.717, 1.165) is 17.7 Å². The highest BCUT2D eigenvalue weighted by molar-refractivity contribution is 7.86. The van der Waals surface area contributed by atoms with Gasteiger partial charge in [0.25, 0.3) is 0 Å². The van der Waals surface area contributed by atoms with Crippen LogP contribution in [0.4, 0.5) is 23.7 Å². The number of carbonyl (C=O) groups excluding carboxylic acids is 1. The number of benzene rings is 2. The first-order valence-corrected chi connectivity index (χ1v) is 8.75. The number of amides is 2. The van der Waals surface area contributed by atoms with Crippen LogP contribution in [0.1, 0.15) is 5.56 Å². The molecule has 8 heteroatoms. The molecule has 0 spiro atoms. The number of anilines is 1. The summed E-state index contributed by atoms with van der Waals surface area (Å²) in [5.41, 5.74) is -3.58. The molecule has 0 aliphatic heterocycles. The van der Waals surface area contributed by atoms with E-state index >= 15 is 0 Å². The molecular formula is C18H17F3N2O2S. The molecule has 4 nitrogen and oxygen atoms in total. The van der Waals surface area contributed by atoms with Gasteiger partial charge in [0.05, 0.1) is 0 Å². The molecule has 0 aliphatic carbocycles. The molecule has 2 aromatic carbocycles. The zero-order valence-electron chi connectivity index (χ0n) is 13.7. The van der Waals surface area contributed by atoms with Gasteiger partial charge < -0.3 is 10.2 Å². The van der Waals surface area contributed by atoms with Crippen molar-refractivity contribution in [3.63, 3.8) is 0 Å². The van der Waals surface area contributed by atoms with Crippen LogP contribution >= 0.6 is 0 Å². The van der Waals surface area contributed by atoms with E-state index in [1.54, 1.807) is 6.08 Å². The minimum Gasteiger partial charge on any atom is -0.316 e. The maximum Gasteiger partial charge on any atom is 0.475 e. The van der Waals surface area contributed by atoms with Gasteiger partial charge in [-0.15, -0.1) is 6.58 Å². The van der Waals surface area contributed by atoms with Crippen molar-refractivity contribution < 1.29 is 22.2 Å². The third kappa shape index (κ3) is 5.45. The molecule has 2 rings (SSSR count). The predicted molar refractivity (Wildman–Crippen MR) is 95.0 cm³/mol. The Kier molecular flexibility index (Phi) is 6.57. The average molecular weight is 382 g/mol. The zero-order chi connectivity index (χ0) is 19.2. The quantitative estimate of drug-likeness (QED) is 0.746. The minimum absolute atomic E-state index is 0.302. The van der Waals surface area contributed by atoms with Crippen molar-refractivity contribution in [1.82, 2.24) is 4.90 Å². The van der Waals surface area contributed by atoms with Crippen molar-refractivity contribution in [2.24, 2.45) is 0 Å². The Morgan fingerprint density at radius 1 is 1.12 bits per heavy atom. The molecule has 138 valence electrons. The van der Waals surface area contributed by atoms with Gasteiger partial charge in [0.15, 0.2) is 10.8 Å². The van der Waals surface area contributed by atoms with Crippen LogP contribution in [-0.2, 0) is 17.3 Å². The Bertz CT molecular complexity index is 777. The van der Waals surface area contributed by atoms with Gasteiger partial charge in [0, 0.05) is 23.7 Å². The maximum absolute atomic E-state index is 12.5. The van der Waals surface area contributed by atoms with Gasteiger partial charge >= 0.3 is 11.5 Å². The molecule has 0 aromatic heterocycles. The predicted octanol–water partition coefficient (Wildman–Crippen LogP) is 4.53. The van der Waals surface area contributed by atoms with Crippen molar-refractivity contribution in [2.45, 2.75) is 16.9 Å². The number of rotatable bonds is 6. The summed E-state index contributed by atoms with van der Waals surface area (Å²) in [7, 11) is -3.10. The van der Waals surface area contributed by atoms with Gasteiger partial charge in [0.2, 0.25) is 0 Å². The van der Waals surface area contributed by atoms with Crippen molar-refractivity contribution in [3.05, 3.63) is 72.8 Å². The molecule has 1 unspecified atom stereocenters. The van der Waals surface area contributed by atoms with Gasteiger partial charge in [0.1, 0.15) is 0 Å². The van der Waals surface area contributed by atoms with E-state index in [-0.39, 0.29) is 4.90 Å². The molecule has 0 heterocycles. The third-order valence-electron chi connectivity index (χ3n) is 3.38. The highest BCUT2D eigenvalue weighted by Gasteiger charge is 2.37. The van der Waals surface area contributed by atoms with Crippen LogP contribution in [0.25, 0.3) is 0 Å². The van der Waals surface area contributed by atoms with Crippen molar-refractivity contribution in [2.75, 3.05) is 11.9 Å². The Morgan fingerprint density at radius 3 is 2.27 bits per heavy atom. The van der Waals surface area contributed by atoms with E-state index in [4.69, 9.17) is 0 Å². The summed E-state index contributed by atoms with van der Waals surface area (Å²) in [6.45, 7) is 4.28. The Hall–Kier alpha value is -2.61. The molecule has 0 fully saturated rings. The molecule has 0 aliphatic rings. The number of halogens is 3. The normalized spacial score (nSPS) is 12.3. The molecular weight excluding hydrogens is 365 g/mol. The molecule has 0 radical (unpaired) electrons. The first-order valence-electron chi connectivity index (χ1n) is 7.60. The summed E-state index contributed by atoms with van der Waals surface area (Å²) in [4.78, 5) is 13.5. The number of nitrogens with zero attached hydrogens (tertiary/aromatic N) is 1. The van der Waals surface area contributed by atoms with E-state index < -0.39 is 22.3 Å². The molecule has 2 aromatic rings. The first kappa shape index (κ1) is 19.7. The van der Waals surface area contributed by atoms with Gasteiger partial charge in [-0.05, 0) is 29.8 Å². The van der Waals surface area contributed by atoms with Gasteiger partial charge in [-0.25, -0.2) is 9.00 Å². The van der Waals surface area contributed by atoms with E-state index in [0.29, 0.717) is 18.8 Å². The number of alkyl halides is 3. The fourth-order valence-electron chi connectivity index (χ4n) is 2.18. The summed E-state index contributed by atoms with van der Waals surface area (Å²) in [5, 5.41) is 2.61. The van der Waals surface area contributed by atoms with Crippen LogP contribution in [0.15, 0.2) is 72.1 Å². The van der Waals surface area contributed by atoms with Gasteiger partial charge in [-0.1, -0.05) is 36.4 Å². The van der Waals surface area contributed by atoms with Crippen molar-refractivity contribution in [3.8, 4) is 0 Å².